The Bertz CT molecular complexity index is 421. The minimum Gasteiger partial charge on any atom is -0.412 e. The molecule has 0 aliphatic carbocycles. The van der Waals surface area contributed by atoms with Gasteiger partial charge in [-0.3, -0.25) is 5.32 Å². The number of benzene rings is 1. The van der Waals surface area contributed by atoms with Crippen molar-refractivity contribution in [3.63, 3.8) is 0 Å². The van der Waals surface area contributed by atoms with E-state index in [1.807, 2.05) is 0 Å². The number of rotatable bonds is 1. The molecule has 1 aliphatic heterocycles. The van der Waals surface area contributed by atoms with E-state index >= 15 is 0 Å². The Morgan fingerprint density at radius 1 is 1.44 bits per heavy atom. The Balaban J connectivity index is 0.00000128. The molecule has 86 valence electrons. The largest absolute Gasteiger partial charge is 0.414 e. The maximum atomic E-state index is 11.1. The monoisotopic (exact) mass is 225 g/mol. The van der Waals surface area contributed by atoms with E-state index in [2.05, 4.69) is 10.6 Å². The molecule has 0 bridgehead atoms. The van der Waals surface area contributed by atoms with Gasteiger partial charge in [0, 0.05) is 5.56 Å². The topological polar surface area (TPSA) is 125 Å². The van der Waals surface area contributed by atoms with E-state index in [1.54, 1.807) is 24.3 Å². The van der Waals surface area contributed by atoms with Gasteiger partial charge < -0.3 is 21.3 Å². The molecule has 0 spiro atoms. The number of nitrogens with two attached hydrogens (primary N) is 1. The van der Waals surface area contributed by atoms with Crippen molar-refractivity contribution >= 4 is 12.1 Å². The van der Waals surface area contributed by atoms with E-state index in [0.717, 1.165) is 0 Å². The van der Waals surface area contributed by atoms with Gasteiger partial charge in [0.15, 0.2) is 0 Å². The highest BCUT2D eigenvalue weighted by Crippen LogP contribution is 2.26. The summed E-state index contributed by atoms with van der Waals surface area (Å²) >= 11 is 0. The number of hydrogen-bond donors (Lipinski definition) is 3. The third kappa shape index (κ3) is 2.20. The predicted octanol–water partition coefficient (Wildman–Crippen LogP) is -0.369. The number of amides is 3. The minimum absolute atomic E-state index is 0. The molecule has 2 rings (SSSR count). The lowest BCUT2D eigenvalue weighted by atomic mass is 10.1. The van der Waals surface area contributed by atoms with Gasteiger partial charge in [0.25, 0.3) is 0 Å². The molecule has 0 aromatic heterocycles. The van der Waals surface area contributed by atoms with Crippen LogP contribution >= 0.6 is 0 Å². The zero-order chi connectivity index (χ0) is 10.8. The molecule has 0 saturated heterocycles. The summed E-state index contributed by atoms with van der Waals surface area (Å²) in [7, 11) is 0. The fourth-order valence-corrected chi connectivity index (χ4v) is 1.39. The van der Waals surface area contributed by atoms with Gasteiger partial charge in [-0.25, -0.2) is 9.59 Å². The first-order valence-electron chi connectivity index (χ1n) is 4.30. The molecule has 7 nitrogen and oxygen atoms in total. The number of para-hydroxylation sites is 1. The molecule has 0 saturated carbocycles. The average Bonchev–Trinajstić information content (AvgIpc) is 2.16. The highest BCUT2D eigenvalue weighted by Gasteiger charge is 2.25. The smallest absolute Gasteiger partial charge is 0.412 e. The van der Waals surface area contributed by atoms with Crippen LogP contribution in [-0.2, 0) is 0 Å². The van der Waals surface area contributed by atoms with Crippen LogP contribution < -0.4 is 21.1 Å². The molecule has 0 radical (unpaired) electrons. The number of fused-ring (bicyclic) bond motifs is 1. The number of ether oxygens (including phenoxy) is 1. The van der Waals surface area contributed by atoms with Crippen LogP contribution in [0.5, 0.6) is 5.75 Å². The first-order valence-corrected chi connectivity index (χ1v) is 4.30. The summed E-state index contributed by atoms with van der Waals surface area (Å²) < 4.78 is 4.90. The van der Waals surface area contributed by atoms with Gasteiger partial charge in [-0.1, -0.05) is 18.2 Å². The molecular formula is C9H11N3O4. The van der Waals surface area contributed by atoms with Crippen LogP contribution in [0.2, 0.25) is 0 Å². The SMILES string of the molecule is NC(=O)N[C@H]1NC(=O)Oc2ccccc21.O. The number of nitrogens with one attached hydrogen (secondary N) is 2. The molecule has 6 N–H and O–H groups in total. The van der Waals surface area contributed by atoms with Gasteiger partial charge in [-0.15, -0.1) is 0 Å². The fourth-order valence-electron chi connectivity index (χ4n) is 1.39. The van der Waals surface area contributed by atoms with E-state index in [9.17, 15) is 9.59 Å². The Hall–Kier alpha value is -2.28. The quantitative estimate of drug-likeness (QED) is 0.603. The molecule has 1 heterocycles. The van der Waals surface area contributed by atoms with Crippen molar-refractivity contribution in [1.82, 2.24) is 10.6 Å². The first kappa shape index (κ1) is 11.8. The standard InChI is InChI=1S/C9H9N3O3.H2O/c10-8(13)11-7-5-3-1-2-4-6(5)15-9(14)12-7;/h1-4,7H,(H,12,14)(H3,10,11,13);1H2/t7-;/m0./s1. The van der Waals surface area contributed by atoms with Crippen LogP contribution in [0.25, 0.3) is 0 Å². The van der Waals surface area contributed by atoms with Crippen LogP contribution in [0.1, 0.15) is 11.7 Å². The third-order valence-electron chi connectivity index (χ3n) is 1.98. The number of carbonyl (C=O) groups excluding carboxylic acids is 2. The van der Waals surface area contributed by atoms with Crippen molar-refractivity contribution < 1.29 is 19.8 Å². The van der Waals surface area contributed by atoms with Gasteiger partial charge >= 0.3 is 12.1 Å². The maximum Gasteiger partial charge on any atom is 0.414 e. The minimum atomic E-state index is -0.711. The number of hydrogen-bond acceptors (Lipinski definition) is 3. The zero-order valence-corrected chi connectivity index (χ0v) is 8.19. The summed E-state index contributed by atoms with van der Waals surface area (Å²) in [5.74, 6) is 0.417. The van der Waals surface area contributed by atoms with Crippen molar-refractivity contribution in [3.8, 4) is 5.75 Å². The van der Waals surface area contributed by atoms with Crippen LogP contribution in [0.4, 0.5) is 9.59 Å². The number of carbonyl (C=O) groups is 2. The highest BCUT2D eigenvalue weighted by atomic mass is 16.6. The van der Waals surface area contributed by atoms with Gasteiger partial charge in [-0.05, 0) is 6.07 Å². The lowest BCUT2D eigenvalue weighted by Gasteiger charge is -2.25. The summed E-state index contributed by atoms with van der Waals surface area (Å²) in [5, 5.41) is 4.83. The van der Waals surface area contributed by atoms with Crippen molar-refractivity contribution in [3.05, 3.63) is 29.8 Å². The summed E-state index contributed by atoms with van der Waals surface area (Å²) in [5.41, 5.74) is 5.65. The maximum absolute atomic E-state index is 11.1. The molecule has 1 atom stereocenters. The Morgan fingerprint density at radius 3 is 2.81 bits per heavy atom. The Kier molecular flexibility index (Phi) is 3.31. The average molecular weight is 225 g/mol. The second kappa shape index (κ2) is 4.49. The second-order valence-electron chi connectivity index (χ2n) is 3.01. The van der Waals surface area contributed by atoms with Crippen LogP contribution in [0, 0.1) is 0 Å². The summed E-state index contributed by atoms with van der Waals surface area (Å²) in [6.45, 7) is 0. The Labute approximate surface area is 90.9 Å². The zero-order valence-electron chi connectivity index (χ0n) is 8.19. The van der Waals surface area contributed by atoms with Gasteiger partial charge in [0.05, 0.1) is 0 Å². The van der Waals surface area contributed by atoms with Crippen LogP contribution in [0.15, 0.2) is 24.3 Å². The molecule has 7 heteroatoms. The van der Waals surface area contributed by atoms with Gasteiger partial charge in [0.2, 0.25) is 0 Å². The van der Waals surface area contributed by atoms with Crippen molar-refractivity contribution in [2.24, 2.45) is 5.73 Å². The molecular weight excluding hydrogens is 214 g/mol. The van der Waals surface area contributed by atoms with E-state index in [-0.39, 0.29) is 5.48 Å². The lowest BCUT2D eigenvalue weighted by molar-refractivity contribution is 0.184. The lowest BCUT2D eigenvalue weighted by Crippen LogP contribution is -2.46. The molecule has 16 heavy (non-hydrogen) atoms. The fraction of sp³-hybridized carbons (Fsp3) is 0.111. The molecule has 1 aliphatic rings. The van der Waals surface area contributed by atoms with E-state index in [1.165, 1.54) is 0 Å². The number of urea groups is 1. The van der Waals surface area contributed by atoms with E-state index in [0.29, 0.717) is 11.3 Å². The van der Waals surface area contributed by atoms with E-state index in [4.69, 9.17) is 10.5 Å². The highest BCUT2D eigenvalue weighted by molar-refractivity contribution is 5.77. The summed E-state index contributed by atoms with van der Waals surface area (Å²) in [6, 6.07) is 6.17. The first-order chi connectivity index (χ1) is 7.16. The van der Waals surface area contributed by atoms with Crippen LogP contribution in [0.3, 0.4) is 0 Å². The normalized spacial score (nSPS) is 17.2. The van der Waals surface area contributed by atoms with Crippen molar-refractivity contribution in [2.75, 3.05) is 0 Å². The molecule has 3 amide bonds. The van der Waals surface area contributed by atoms with Crippen LogP contribution in [-0.4, -0.2) is 17.6 Å². The Morgan fingerprint density at radius 2 is 2.12 bits per heavy atom. The third-order valence-corrected chi connectivity index (χ3v) is 1.98. The molecule has 1 aromatic rings. The van der Waals surface area contributed by atoms with Gasteiger partial charge in [0.1, 0.15) is 11.9 Å². The second-order valence-corrected chi connectivity index (χ2v) is 3.01. The van der Waals surface area contributed by atoms with Crippen molar-refractivity contribution in [1.29, 1.82) is 0 Å². The predicted molar refractivity (Wildman–Crippen MR) is 54.7 cm³/mol. The molecule has 1 aromatic carbocycles. The molecule has 0 unspecified atom stereocenters. The summed E-state index contributed by atoms with van der Waals surface area (Å²) in [4.78, 5) is 21.8. The number of primary amides is 1. The molecule has 0 fully saturated rings. The van der Waals surface area contributed by atoms with Crippen molar-refractivity contribution in [2.45, 2.75) is 6.17 Å². The van der Waals surface area contributed by atoms with E-state index < -0.39 is 18.3 Å². The van der Waals surface area contributed by atoms with Gasteiger partial charge in [-0.2, -0.15) is 0 Å². The summed E-state index contributed by atoms with van der Waals surface area (Å²) in [6.07, 6.45) is -1.26.